The second kappa shape index (κ2) is 47.7. The van der Waals surface area contributed by atoms with Crippen LogP contribution in [-0.4, -0.2) is 193 Å². The smallest absolute Gasteiger partial charge is 0.220 e. The van der Waals surface area contributed by atoms with Gasteiger partial charge >= 0.3 is 0 Å². The molecule has 19 heteroatoms. The molecule has 84 heavy (non-hydrogen) atoms. The van der Waals surface area contributed by atoms with E-state index in [-0.39, 0.29) is 18.9 Å². The van der Waals surface area contributed by atoms with E-state index in [1.54, 1.807) is 0 Å². The summed E-state index contributed by atoms with van der Waals surface area (Å²) in [7, 11) is 0. The van der Waals surface area contributed by atoms with E-state index < -0.39 is 124 Å². The minimum absolute atomic E-state index is 0.246. The van der Waals surface area contributed by atoms with Gasteiger partial charge in [0.15, 0.2) is 18.9 Å². The Morgan fingerprint density at radius 1 is 0.440 bits per heavy atom. The fourth-order valence-corrected chi connectivity index (χ4v) is 11.1. The van der Waals surface area contributed by atoms with Gasteiger partial charge in [-0.3, -0.25) is 4.79 Å². The molecule has 17 atom stereocenters. The molecule has 0 aromatic carbocycles. The lowest BCUT2D eigenvalue weighted by Gasteiger charge is -2.48. The fourth-order valence-electron chi connectivity index (χ4n) is 11.1. The second-order valence-electron chi connectivity index (χ2n) is 23.6. The summed E-state index contributed by atoms with van der Waals surface area (Å²) in [6.07, 6.45) is 28.2. The summed E-state index contributed by atoms with van der Waals surface area (Å²) in [5.74, 6) is -0.246. The van der Waals surface area contributed by atoms with Crippen molar-refractivity contribution in [3.05, 3.63) is 48.6 Å². The van der Waals surface area contributed by atoms with Gasteiger partial charge in [-0.1, -0.05) is 217 Å². The van der Waals surface area contributed by atoms with Crippen LogP contribution in [0.25, 0.3) is 0 Å². The predicted molar refractivity (Wildman–Crippen MR) is 323 cm³/mol. The quantitative estimate of drug-likeness (QED) is 0.0208. The van der Waals surface area contributed by atoms with Crippen LogP contribution in [0.15, 0.2) is 48.6 Å². The molecule has 1 amide bonds. The highest BCUT2D eigenvalue weighted by Crippen LogP contribution is 2.33. The molecular weight excluding hydrogens is 1080 g/mol. The van der Waals surface area contributed by atoms with Crippen molar-refractivity contribution < 1.29 is 89.4 Å². The first-order chi connectivity index (χ1) is 40.8. The molecule has 12 N–H and O–H groups in total. The Morgan fingerprint density at radius 3 is 1.29 bits per heavy atom. The number of amides is 1. The molecule has 0 aromatic heterocycles. The molecule has 17 unspecified atom stereocenters. The topological polar surface area (TPSA) is 307 Å². The Balaban J connectivity index is 1.33. The number of allylic oxidation sites excluding steroid dienone is 8. The SMILES string of the molecule is CC/C=C\C/C=C\C/C=C\C/C=C\CCCCCCCCCCCCCCCCCCCCC(=O)NC(COC1OC(CO)C(OC2OC(CO)C(OC3OC(CO)C(O)C(O)C3O)C(O)C2O)C(O)C1O)C(O)CCCCCCCCCC. The summed E-state index contributed by atoms with van der Waals surface area (Å²) in [5, 5.41) is 120. The Hall–Kier alpha value is -2.25. The normalized spacial score (nSPS) is 29.5. The molecule has 0 spiro atoms. The molecule has 3 aliphatic heterocycles. The number of hydrogen-bond acceptors (Lipinski definition) is 18. The third-order valence-electron chi connectivity index (χ3n) is 16.4. The van der Waals surface area contributed by atoms with Crippen molar-refractivity contribution in [2.75, 3.05) is 26.4 Å². The van der Waals surface area contributed by atoms with E-state index in [4.69, 9.17) is 28.4 Å². The molecule has 0 saturated carbocycles. The van der Waals surface area contributed by atoms with Crippen LogP contribution in [0.4, 0.5) is 0 Å². The maximum atomic E-state index is 13.3. The molecule has 19 nitrogen and oxygen atoms in total. The molecule has 0 bridgehead atoms. The molecule has 3 saturated heterocycles. The zero-order chi connectivity index (χ0) is 61.2. The largest absolute Gasteiger partial charge is 0.394 e. The molecule has 3 fully saturated rings. The molecule has 0 aromatic rings. The van der Waals surface area contributed by atoms with Gasteiger partial charge in [-0.25, -0.2) is 0 Å². The van der Waals surface area contributed by atoms with E-state index in [2.05, 4.69) is 67.8 Å². The van der Waals surface area contributed by atoms with Crippen molar-refractivity contribution in [3.63, 3.8) is 0 Å². The van der Waals surface area contributed by atoms with Crippen molar-refractivity contribution in [2.24, 2.45) is 0 Å². The Bertz CT molecular complexity index is 1720. The van der Waals surface area contributed by atoms with Crippen molar-refractivity contribution >= 4 is 5.91 Å². The van der Waals surface area contributed by atoms with Crippen LogP contribution in [0, 0.1) is 0 Å². The second-order valence-corrected chi connectivity index (χ2v) is 23.6. The fraction of sp³-hybridized carbons (Fsp3) is 0.862. The van der Waals surface area contributed by atoms with Crippen LogP contribution in [0.1, 0.15) is 226 Å². The number of rotatable bonds is 49. The maximum Gasteiger partial charge on any atom is 0.220 e. The predicted octanol–water partition coefficient (Wildman–Crippen LogP) is 7.43. The third-order valence-corrected chi connectivity index (χ3v) is 16.4. The van der Waals surface area contributed by atoms with E-state index in [1.807, 2.05) is 0 Å². The van der Waals surface area contributed by atoms with Crippen LogP contribution in [-0.2, 0) is 33.2 Å². The summed E-state index contributed by atoms with van der Waals surface area (Å²) >= 11 is 0. The number of hydrogen-bond donors (Lipinski definition) is 12. The first-order valence-corrected chi connectivity index (χ1v) is 32.9. The lowest BCUT2D eigenvalue weighted by molar-refractivity contribution is -0.379. The summed E-state index contributed by atoms with van der Waals surface area (Å²) in [6, 6.07) is -0.884. The van der Waals surface area contributed by atoms with E-state index in [0.29, 0.717) is 12.8 Å². The van der Waals surface area contributed by atoms with Gasteiger partial charge in [0, 0.05) is 6.42 Å². The molecule has 3 heterocycles. The molecular formula is C65H117NO18. The lowest BCUT2D eigenvalue weighted by atomic mass is 9.96. The first-order valence-electron chi connectivity index (χ1n) is 32.9. The number of ether oxygens (including phenoxy) is 6. The van der Waals surface area contributed by atoms with Gasteiger partial charge in [-0.05, 0) is 51.4 Å². The van der Waals surface area contributed by atoms with Crippen LogP contribution in [0.2, 0.25) is 0 Å². The number of aliphatic hydroxyl groups excluding tert-OH is 11. The third kappa shape index (κ3) is 30.3. The number of nitrogens with one attached hydrogen (secondary N) is 1. The van der Waals surface area contributed by atoms with Crippen LogP contribution in [0.3, 0.4) is 0 Å². The highest BCUT2D eigenvalue weighted by molar-refractivity contribution is 5.76. The van der Waals surface area contributed by atoms with Crippen LogP contribution < -0.4 is 5.32 Å². The van der Waals surface area contributed by atoms with Crippen LogP contribution in [0.5, 0.6) is 0 Å². The van der Waals surface area contributed by atoms with Crippen molar-refractivity contribution in [1.29, 1.82) is 0 Å². The Labute approximate surface area is 503 Å². The standard InChI is InChI=1S/C65H117NO18/c1-3-5-7-9-11-13-14-15-16-17-18-19-20-21-22-23-24-25-26-27-28-29-30-31-32-33-34-35-37-39-41-43-53(71)66-48(49(70)42-40-38-36-12-10-8-6-4-2)47-79-63-59(77)56(74)61(51(45-68)81-63)84-65-60(78)57(75)62(52(46-69)82-65)83-64-58(76)55(73)54(72)50(44-67)80-64/h5,7,11,13,15-16,18-19,48-52,54-65,67-70,72-78H,3-4,6,8-10,12,14,17,20-47H2,1-2H3,(H,66,71)/b7-5-,13-11-,16-15-,19-18-. The van der Waals surface area contributed by atoms with Crippen molar-refractivity contribution in [1.82, 2.24) is 5.32 Å². The van der Waals surface area contributed by atoms with Gasteiger partial charge in [-0.2, -0.15) is 0 Å². The summed E-state index contributed by atoms with van der Waals surface area (Å²) in [4.78, 5) is 13.3. The molecule has 3 aliphatic rings. The monoisotopic (exact) mass is 1200 g/mol. The highest BCUT2D eigenvalue weighted by Gasteiger charge is 2.53. The van der Waals surface area contributed by atoms with Gasteiger partial charge in [0.05, 0.1) is 38.6 Å². The lowest BCUT2D eigenvalue weighted by Crippen LogP contribution is -2.66. The van der Waals surface area contributed by atoms with E-state index in [0.717, 1.165) is 70.6 Å². The van der Waals surface area contributed by atoms with E-state index in [1.165, 1.54) is 122 Å². The van der Waals surface area contributed by atoms with Crippen LogP contribution >= 0.6 is 0 Å². The van der Waals surface area contributed by atoms with Gasteiger partial charge in [0.2, 0.25) is 5.91 Å². The van der Waals surface area contributed by atoms with Gasteiger partial charge in [0.1, 0.15) is 73.2 Å². The minimum atomic E-state index is -1.97. The number of carbonyl (C=O) groups excluding carboxylic acids is 1. The summed E-state index contributed by atoms with van der Waals surface area (Å²) in [6.45, 7) is 1.63. The summed E-state index contributed by atoms with van der Waals surface area (Å²) < 4.78 is 34.3. The molecule has 0 radical (unpaired) electrons. The Morgan fingerprint density at radius 2 is 0.821 bits per heavy atom. The van der Waals surface area contributed by atoms with E-state index in [9.17, 15) is 61.0 Å². The number of unbranched alkanes of at least 4 members (excludes halogenated alkanes) is 25. The molecule has 0 aliphatic carbocycles. The average molecular weight is 1200 g/mol. The highest BCUT2D eigenvalue weighted by atomic mass is 16.8. The maximum absolute atomic E-state index is 13.3. The average Bonchev–Trinajstić information content (AvgIpc) is 2.91. The molecule has 490 valence electrons. The van der Waals surface area contributed by atoms with Crippen molar-refractivity contribution in [2.45, 2.75) is 330 Å². The first kappa shape index (κ1) is 76.0. The van der Waals surface area contributed by atoms with Gasteiger partial charge in [-0.15, -0.1) is 0 Å². The zero-order valence-corrected chi connectivity index (χ0v) is 51.4. The summed E-state index contributed by atoms with van der Waals surface area (Å²) in [5.41, 5.74) is 0. The van der Waals surface area contributed by atoms with E-state index >= 15 is 0 Å². The van der Waals surface area contributed by atoms with Crippen molar-refractivity contribution in [3.8, 4) is 0 Å². The minimum Gasteiger partial charge on any atom is -0.394 e. The van der Waals surface area contributed by atoms with Gasteiger partial charge in [0.25, 0.3) is 0 Å². The Kier molecular flexibility index (Phi) is 43.2. The zero-order valence-electron chi connectivity index (χ0n) is 51.4. The number of aliphatic hydroxyl groups is 11. The molecule has 3 rings (SSSR count). The van der Waals surface area contributed by atoms with Gasteiger partial charge < -0.3 is 89.9 Å². The number of carbonyl (C=O) groups is 1.